The van der Waals surface area contributed by atoms with Crippen molar-refractivity contribution in [3.8, 4) is 5.75 Å². The van der Waals surface area contributed by atoms with Gasteiger partial charge in [0.25, 0.3) is 0 Å². The summed E-state index contributed by atoms with van der Waals surface area (Å²) in [6.07, 6.45) is 5.78. The zero-order valence-corrected chi connectivity index (χ0v) is 17.4. The molecular formula is C22H29FN4O3. The lowest BCUT2D eigenvalue weighted by Crippen LogP contribution is -2.55. The summed E-state index contributed by atoms with van der Waals surface area (Å²) in [5, 5.41) is 4.34. The molecule has 0 spiro atoms. The summed E-state index contributed by atoms with van der Waals surface area (Å²) < 4.78 is 26.3. The number of aryl methyl sites for hydroxylation is 1. The number of halogens is 1. The zero-order chi connectivity index (χ0) is 20.9. The number of rotatable bonds is 7. The third-order valence-corrected chi connectivity index (χ3v) is 5.83. The largest absolute Gasteiger partial charge is 0.491 e. The molecule has 1 aromatic heterocycles. The normalized spacial score (nSPS) is 21.2. The van der Waals surface area contributed by atoms with E-state index in [-0.39, 0.29) is 30.5 Å². The quantitative estimate of drug-likeness (QED) is 0.693. The first-order valence-electron chi connectivity index (χ1n) is 10.6. The molecule has 7 nitrogen and oxygen atoms in total. The third kappa shape index (κ3) is 5.17. The predicted octanol–water partition coefficient (Wildman–Crippen LogP) is 2.31. The first-order chi connectivity index (χ1) is 14.6. The Morgan fingerprint density at radius 3 is 2.70 bits per heavy atom. The molecule has 1 amide bonds. The van der Waals surface area contributed by atoms with Crippen molar-refractivity contribution in [2.24, 2.45) is 0 Å². The molecule has 2 fully saturated rings. The average Bonchev–Trinajstić information content (AvgIpc) is 3.22. The fourth-order valence-corrected chi connectivity index (χ4v) is 4.13. The van der Waals surface area contributed by atoms with E-state index >= 15 is 0 Å². The highest BCUT2D eigenvalue weighted by atomic mass is 19.1. The van der Waals surface area contributed by atoms with Crippen LogP contribution in [0.2, 0.25) is 0 Å². The van der Waals surface area contributed by atoms with E-state index in [0.29, 0.717) is 18.9 Å². The highest BCUT2D eigenvalue weighted by Gasteiger charge is 2.33. The van der Waals surface area contributed by atoms with Crippen LogP contribution >= 0.6 is 0 Å². The molecule has 1 aromatic carbocycles. The molecule has 2 aliphatic heterocycles. The van der Waals surface area contributed by atoms with Crippen LogP contribution in [0, 0.1) is 5.82 Å². The zero-order valence-electron chi connectivity index (χ0n) is 17.4. The summed E-state index contributed by atoms with van der Waals surface area (Å²) in [5.74, 6) is 0.359. The topological polar surface area (TPSA) is 59.8 Å². The molecule has 8 heteroatoms. The summed E-state index contributed by atoms with van der Waals surface area (Å²) in [6.45, 7) is 6.76. The molecule has 0 saturated carbocycles. The number of hydrogen-bond donors (Lipinski definition) is 0. The van der Waals surface area contributed by atoms with E-state index in [4.69, 9.17) is 9.47 Å². The summed E-state index contributed by atoms with van der Waals surface area (Å²) in [5.41, 5.74) is 1.23. The van der Waals surface area contributed by atoms with Gasteiger partial charge in [-0.2, -0.15) is 5.10 Å². The molecule has 3 heterocycles. The van der Waals surface area contributed by atoms with E-state index < -0.39 is 0 Å². The van der Waals surface area contributed by atoms with Gasteiger partial charge in [-0.15, -0.1) is 0 Å². The summed E-state index contributed by atoms with van der Waals surface area (Å²) >= 11 is 0. The smallest absolute Gasteiger partial charge is 0.248 e. The van der Waals surface area contributed by atoms with Crippen LogP contribution in [0.25, 0.3) is 0 Å². The second kappa shape index (κ2) is 9.57. The van der Waals surface area contributed by atoms with E-state index in [0.717, 1.165) is 39.0 Å². The van der Waals surface area contributed by atoms with Crippen molar-refractivity contribution >= 4 is 5.91 Å². The van der Waals surface area contributed by atoms with E-state index in [1.54, 1.807) is 12.1 Å². The van der Waals surface area contributed by atoms with Crippen LogP contribution in [0.3, 0.4) is 0 Å². The third-order valence-electron chi connectivity index (χ3n) is 5.83. The summed E-state index contributed by atoms with van der Waals surface area (Å²) in [4.78, 5) is 16.8. The maximum absolute atomic E-state index is 13.0. The number of piperidine rings is 1. The highest BCUT2D eigenvalue weighted by molar-refractivity contribution is 5.78. The molecule has 0 unspecified atom stereocenters. The van der Waals surface area contributed by atoms with Crippen LogP contribution in [-0.4, -0.2) is 70.5 Å². The Bertz CT molecular complexity index is 833. The monoisotopic (exact) mass is 416 g/mol. The van der Waals surface area contributed by atoms with Crippen molar-refractivity contribution in [1.82, 2.24) is 19.6 Å². The van der Waals surface area contributed by atoms with Crippen molar-refractivity contribution in [3.05, 3.63) is 48.0 Å². The number of benzene rings is 1. The van der Waals surface area contributed by atoms with Crippen molar-refractivity contribution in [3.63, 3.8) is 0 Å². The predicted molar refractivity (Wildman–Crippen MR) is 110 cm³/mol. The molecule has 4 rings (SSSR count). The van der Waals surface area contributed by atoms with Crippen molar-refractivity contribution < 1.29 is 18.7 Å². The van der Waals surface area contributed by atoms with Gasteiger partial charge in [-0.05, 0) is 44.0 Å². The Labute approximate surface area is 176 Å². The van der Waals surface area contributed by atoms with Crippen molar-refractivity contribution in [1.29, 1.82) is 0 Å². The number of amides is 1. The Morgan fingerprint density at radius 1 is 1.23 bits per heavy atom. The lowest BCUT2D eigenvalue weighted by Gasteiger charge is -2.42. The van der Waals surface area contributed by atoms with E-state index in [2.05, 4.69) is 23.1 Å². The molecule has 162 valence electrons. The number of likely N-dealkylation sites (tertiary alicyclic amines) is 1. The molecule has 0 radical (unpaired) electrons. The molecule has 1 atom stereocenters. The van der Waals surface area contributed by atoms with Gasteiger partial charge in [-0.3, -0.25) is 14.4 Å². The van der Waals surface area contributed by atoms with Gasteiger partial charge in [0.15, 0.2) is 0 Å². The van der Waals surface area contributed by atoms with Gasteiger partial charge < -0.3 is 14.4 Å². The fraction of sp³-hybridized carbons (Fsp3) is 0.545. The second-order valence-corrected chi connectivity index (χ2v) is 7.96. The van der Waals surface area contributed by atoms with Gasteiger partial charge in [-0.1, -0.05) is 0 Å². The molecule has 0 bridgehead atoms. The van der Waals surface area contributed by atoms with Crippen molar-refractivity contribution in [2.45, 2.75) is 45.0 Å². The SMILES string of the molecule is CCn1cc(CN2CCC(N3C[C@@H](COc4ccc(F)cc4)OCC3=O)CC2)cn1. The molecule has 2 aliphatic rings. The first-order valence-corrected chi connectivity index (χ1v) is 10.6. The van der Waals surface area contributed by atoms with Crippen LogP contribution in [0.4, 0.5) is 4.39 Å². The number of carbonyl (C=O) groups excluding carboxylic acids is 1. The van der Waals surface area contributed by atoms with Gasteiger partial charge >= 0.3 is 0 Å². The first kappa shape index (κ1) is 20.8. The van der Waals surface area contributed by atoms with E-state index in [9.17, 15) is 9.18 Å². The van der Waals surface area contributed by atoms with Crippen LogP contribution < -0.4 is 4.74 Å². The Kier molecular flexibility index (Phi) is 6.64. The fourth-order valence-electron chi connectivity index (χ4n) is 4.13. The van der Waals surface area contributed by atoms with Crippen LogP contribution in [0.5, 0.6) is 5.75 Å². The Hall–Kier alpha value is -2.45. The number of carbonyl (C=O) groups is 1. The number of ether oxygens (including phenoxy) is 2. The lowest BCUT2D eigenvalue weighted by atomic mass is 10.0. The molecule has 2 saturated heterocycles. The van der Waals surface area contributed by atoms with Gasteiger partial charge in [0, 0.05) is 44.0 Å². The van der Waals surface area contributed by atoms with Crippen LogP contribution in [-0.2, 0) is 22.6 Å². The Morgan fingerprint density at radius 2 is 2.00 bits per heavy atom. The number of nitrogens with zero attached hydrogens (tertiary/aromatic N) is 4. The van der Waals surface area contributed by atoms with Gasteiger partial charge in [-0.25, -0.2) is 4.39 Å². The minimum atomic E-state index is -0.293. The van der Waals surface area contributed by atoms with Gasteiger partial charge in [0.1, 0.15) is 30.9 Å². The lowest BCUT2D eigenvalue weighted by molar-refractivity contribution is -0.155. The maximum Gasteiger partial charge on any atom is 0.248 e. The standard InChI is InChI=1S/C22H29FN4O3/c1-2-26-13-17(11-24-26)12-25-9-7-19(8-10-25)27-14-21(30-16-22(27)28)15-29-20-5-3-18(23)4-6-20/h3-6,11,13,19,21H,2,7-10,12,14-16H2,1H3/t21-/m0/s1. The maximum atomic E-state index is 13.0. The minimum Gasteiger partial charge on any atom is -0.491 e. The average molecular weight is 416 g/mol. The van der Waals surface area contributed by atoms with Gasteiger partial charge in [0.2, 0.25) is 5.91 Å². The molecular weight excluding hydrogens is 387 g/mol. The number of aromatic nitrogens is 2. The van der Waals surface area contributed by atoms with Crippen LogP contribution in [0.15, 0.2) is 36.7 Å². The van der Waals surface area contributed by atoms with Crippen LogP contribution in [0.1, 0.15) is 25.3 Å². The molecule has 0 aliphatic carbocycles. The Balaban J connectivity index is 1.25. The highest BCUT2D eigenvalue weighted by Crippen LogP contribution is 2.22. The molecule has 30 heavy (non-hydrogen) atoms. The summed E-state index contributed by atoms with van der Waals surface area (Å²) in [6, 6.07) is 6.17. The van der Waals surface area contributed by atoms with E-state index in [1.165, 1.54) is 17.7 Å². The van der Waals surface area contributed by atoms with Gasteiger partial charge in [0.05, 0.1) is 12.7 Å². The number of morpholine rings is 1. The summed E-state index contributed by atoms with van der Waals surface area (Å²) in [7, 11) is 0. The van der Waals surface area contributed by atoms with Crippen molar-refractivity contribution in [2.75, 3.05) is 32.8 Å². The van der Waals surface area contributed by atoms with E-state index in [1.807, 2.05) is 15.8 Å². The second-order valence-electron chi connectivity index (χ2n) is 7.96. The molecule has 0 N–H and O–H groups in total. The number of hydrogen-bond acceptors (Lipinski definition) is 5. The molecule has 2 aromatic rings. The minimum absolute atomic E-state index is 0.0516.